The normalized spacial score (nSPS) is 25.5. The minimum atomic E-state index is -1.61. The molecule has 2 saturated heterocycles. The Hall–Kier alpha value is -3.85. The summed E-state index contributed by atoms with van der Waals surface area (Å²) in [5, 5.41) is 53.0. The number of phenolic OH excluding ortho intramolecular Hbond substituents is 2. The topological polar surface area (TPSA) is 152 Å². The van der Waals surface area contributed by atoms with Crippen LogP contribution in [0.25, 0.3) is 0 Å². The molecule has 3 aliphatic heterocycles. The average molecular weight is 629 g/mol. The third-order valence-corrected chi connectivity index (χ3v) is 8.87. The number of piperazine rings is 1. The third-order valence-electron chi connectivity index (χ3n) is 8.87. The minimum Gasteiger partial charge on any atom is -0.504 e. The van der Waals surface area contributed by atoms with E-state index in [0.717, 1.165) is 11.1 Å². The van der Waals surface area contributed by atoms with Crippen molar-refractivity contribution in [1.29, 1.82) is 0 Å². The molecule has 0 spiro atoms. The maximum Gasteiger partial charge on any atom is 0.339 e. The number of phenols is 2. The summed E-state index contributed by atoms with van der Waals surface area (Å²) in [6.45, 7) is 1.42. The van der Waals surface area contributed by atoms with Gasteiger partial charge in [-0.25, -0.2) is 13.6 Å². The average Bonchev–Trinajstić information content (AvgIpc) is 3.04. The van der Waals surface area contributed by atoms with Crippen molar-refractivity contribution in [2.45, 2.75) is 43.1 Å². The van der Waals surface area contributed by atoms with Gasteiger partial charge in [-0.2, -0.15) is 0 Å². The number of ether oxygens (including phenoxy) is 3. The van der Waals surface area contributed by atoms with Gasteiger partial charge in [0.1, 0.15) is 36.1 Å². The van der Waals surface area contributed by atoms with E-state index in [1.165, 1.54) is 31.4 Å². The number of methoxy groups -OCH3 is 1. The van der Waals surface area contributed by atoms with Gasteiger partial charge in [-0.05, 0) is 35.4 Å². The van der Waals surface area contributed by atoms with E-state index in [1.54, 1.807) is 24.3 Å². The molecule has 3 heterocycles. The zero-order chi connectivity index (χ0) is 32.0. The highest BCUT2D eigenvalue weighted by Gasteiger charge is 2.53. The van der Waals surface area contributed by atoms with Crippen molar-refractivity contribution in [1.82, 2.24) is 9.80 Å². The van der Waals surface area contributed by atoms with Crippen molar-refractivity contribution in [2.75, 3.05) is 39.9 Å². The van der Waals surface area contributed by atoms with Crippen LogP contribution in [0.4, 0.5) is 8.78 Å². The van der Waals surface area contributed by atoms with Crippen LogP contribution in [0.2, 0.25) is 0 Å². The van der Waals surface area contributed by atoms with Gasteiger partial charge >= 0.3 is 5.97 Å². The summed E-state index contributed by atoms with van der Waals surface area (Å²) < 4.78 is 44.1. The van der Waals surface area contributed by atoms with Crippen LogP contribution in [-0.4, -0.2) is 106 Å². The van der Waals surface area contributed by atoms with Crippen LogP contribution in [0, 0.1) is 11.6 Å². The van der Waals surface area contributed by atoms with E-state index < -0.39 is 54.6 Å². The molecule has 3 aromatic carbocycles. The molecule has 0 saturated carbocycles. The first kappa shape index (κ1) is 31.1. The van der Waals surface area contributed by atoms with Crippen LogP contribution >= 0.6 is 0 Å². The molecular formula is C32H34F2N2O9. The Morgan fingerprint density at radius 2 is 1.49 bits per heavy atom. The molecular weight excluding hydrogens is 594 g/mol. The number of hydrogen-bond donors (Lipinski definition) is 5. The number of hydrogen-bond acceptors (Lipinski definition) is 11. The Morgan fingerprint density at radius 3 is 2.02 bits per heavy atom. The van der Waals surface area contributed by atoms with Crippen molar-refractivity contribution in [3.8, 4) is 17.2 Å². The van der Waals surface area contributed by atoms with E-state index >= 15 is 0 Å². The molecule has 3 aliphatic rings. The van der Waals surface area contributed by atoms with Crippen LogP contribution in [0.3, 0.4) is 0 Å². The molecule has 0 radical (unpaired) electrons. The van der Waals surface area contributed by atoms with Crippen molar-refractivity contribution in [3.63, 3.8) is 0 Å². The highest BCUT2D eigenvalue weighted by Crippen LogP contribution is 2.52. The number of aliphatic hydroxyl groups excluding tert-OH is 3. The van der Waals surface area contributed by atoms with Crippen LogP contribution in [-0.2, 0) is 16.0 Å². The van der Waals surface area contributed by atoms with E-state index in [-0.39, 0.29) is 46.7 Å². The van der Waals surface area contributed by atoms with E-state index in [1.807, 2.05) is 4.90 Å². The number of rotatable bonds is 7. The van der Waals surface area contributed by atoms with Crippen molar-refractivity contribution >= 4 is 5.97 Å². The summed E-state index contributed by atoms with van der Waals surface area (Å²) in [6, 6.07) is 12.1. The molecule has 240 valence electrons. The number of carbonyl (C=O) groups is 1. The smallest absolute Gasteiger partial charge is 0.339 e. The fourth-order valence-electron chi connectivity index (χ4n) is 6.57. The van der Waals surface area contributed by atoms with Gasteiger partial charge < -0.3 is 39.7 Å². The Bertz CT molecular complexity index is 1500. The van der Waals surface area contributed by atoms with Gasteiger partial charge in [-0.3, -0.25) is 9.80 Å². The van der Waals surface area contributed by atoms with E-state index in [2.05, 4.69) is 4.90 Å². The second kappa shape index (κ2) is 12.5. The van der Waals surface area contributed by atoms with Crippen molar-refractivity contribution in [2.24, 2.45) is 0 Å². The monoisotopic (exact) mass is 628 g/mol. The number of halogens is 2. The highest BCUT2D eigenvalue weighted by atomic mass is 19.1. The Morgan fingerprint density at radius 1 is 0.911 bits per heavy atom. The first-order chi connectivity index (χ1) is 21.6. The molecule has 13 heteroatoms. The summed E-state index contributed by atoms with van der Waals surface area (Å²) >= 11 is 0. The first-order valence-corrected chi connectivity index (χ1v) is 14.6. The van der Waals surface area contributed by atoms with Gasteiger partial charge in [-0.1, -0.05) is 24.3 Å². The molecule has 3 aromatic rings. The lowest BCUT2D eigenvalue weighted by atomic mass is 9.84. The summed E-state index contributed by atoms with van der Waals surface area (Å²) in [4.78, 5) is 17.5. The molecule has 0 aromatic heterocycles. The maximum absolute atomic E-state index is 13.7. The van der Waals surface area contributed by atoms with Gasteiger partial charge in [0.05, 0.1) is 25.3 Å². The van der Waals surface area contributed by atoms with Crippen LogP contribution in [0.5, 0.6) is 17.2 Å². The first-order valence-electron chi connectivity index (χ1n) is 14.6. The van der Waals surface area contributed by atoms with Gasteiger partial charge in [0.15, 0.2) is 17.6 Å². The Kier molecular flexibility index (Phi) is 8.66. The summed E-state index contributed by atoms with van der Waals surface area (Å²) in [5.41, 5.74) is 1.58. The molecule has 45 heavy (non-hydrogen) atoms. The Balaban J connectivity index is 1.29. The number of aliphatic hydroxyl groups is 3. The summed E-state index contributed by atoms with van der Waals surface area (Å²) in [7, 11) is 1.24. The lowest BCUT2D eigenvalue weighted by molar-refractivity contribution is -0.235. The number of esters is 1. The van der Waals surface area contributed by atoms with Gasteiger partial charge in [-0.15, -0.1) is 0 Å². The van der Waals surface area contributed by atoms with Crippen molar-refractivity contribution < 1.29 is 53.3 Å². The Labute approximate surface area is 257 Å². The minimum absolute atomic E-state index is 0.0531. The largest absolute Gasteiger partial charge is 0.504 e. The van der Waals surface area contributed by atoms with Crippen LogP contribution in [0.15, 0.2) is 48.5 Å². The zero-order valence-electron chi connectivity index (χ0n) is 24.3. The molecule has 5 N–H and O–H groups in total. The molecule has 6 rings (SSSR count). The van der Waals surface area contributed by atoms with Gasteiger partial charge in [0.25, 0.3) is 0 Å². The fraction of sp³-hybridized carbons (Fsp3) is 0.406. The molecule has 5 atom stereocenters. The number of benzene rings is 3. The number of fused-ring (bicyclic) bond motifs is 3. The number of aromatic hydroxyl groups is 2. The molecule has 0 bridgehead atoms. The third kappa shape index (κ3) is 5.60. The van der Waals surface area contributed by atoms with E-state index in [4.69, 9.17) is 14.2 Å². The predicted molar refractivity (Wildman–Crippen MR) is 154 cm³/mol. The molecule has 0 unspecified atom stereocenters. The lowest BCUT2D eigenvalue weighted by Gasteiger charge is -2.45. The summed E-state index contributed by atoms with van der Waals surface area (Å²) in [5.74, 6) is -3.00. The summed E-state index contributed by atoms with van der Waals surface area (Å²) in [6.07, 6.45) is -7.02. The van der Waals surface area contributed by atoms with Gasteiger partial charge in [0.2, 0.25) is 5.75 Å². The second-order valence-electron chi connectivity index (χ2n) is 11.4. The predicted octanol–water partition coefficient (Wildman–Crippen LogP) is 1.98. The standard InChI is InChI=1S/C32H34F2N2O9/c1-43-30-25(38)20(22-23(27(30)40)29-31(45-32(22)42)28(41)26(39)21(15-37)44-29)14-35-10-12-36(13-11-35)24(16-2-6-18(33)7-3-16)17-4-8-19(34)9-5-17/h2-9,21,24,26,28-29,31,37-41H,10-15H2,1H3/t21-,26-,28+,29-,31-/m1/s1. The lowest BCUT2D eigenvalue weighted by Crippen LogP contribution is -2.58. The fourth-order valence-corrected chi connectivity index (χ4v) is 6.57. The second-order valence-corrected chi connectivity index (χ2v) is 11.4. The zero-order valence-corrected chi connectivity index (χ0v) is 24.3. The molecule has 2 fully saturated rings. The van der Waals surface area contributed by atoms with Crippen LogP contribution < -0.4 is 4.74 Å². The van der Waals surface area contributed by atoms with Crippen LogP contribution in [0.1, 0.15) is 44.8 Å². The van der Waals surface area contributed by atoms with Gasteiger partial charge in [0, 0.05) is 43.9 Å². The molecule has 11 nitrogen and oxygen atoms in total. The number of nitrogens with zero attached hydrogens (tertiary/aromatic N) is 2. The van der Waals surface area contributed by atoms with E-state index in [9.17, 15) is 39.1 Å². The van der Waals surface area contributed by atoms with Crippen molar-refractivity contribution in [3.05, 3.63) is 88.0 Å². The SMILES string of the molecule is COc1c(O)c(CN2CCN(C(c3ccc(F)cc3)c3ccc(F)cc3)CC2)c2c(c1O)[C@H]1O[C@H](CO)[C@@H](O)[C@H](O)[C@H]1OC2=O. The molecule has 0 amide bonds. The maximum atomic E-state index is 13.7. The quantitative estimate of drug-likeness (QED) is 0.244. The highest BCUT2D eigenvalue weighted by molar-refractivity contribution is 5.97. The van der Waals surface area contributed by atoms with E-state index in [0.29, 0.717) is 26.2 Å². The number of carbonyl (C=O) groups excluding carboxylic acids is 1. The molecule has 0 aliphatic carbocycles.